The smallest absolute Gasteiger partial charge is 0.0194 e. The van der Waals surface area contributed by atoms with Crippen molar-refractivity contribution in [2.24, 2.45) is 35.3 Å². The fourth-order valence-corrected chi connectivity index (χ4v) is 4.59. The third kappa shape index (κ3) is 1.75. The summed E-state index contributed by atoms with van der Waals surface area (Å²) < 4.78 is 0. The Labute approximate surface area is 93.1 Å². The summed E-state index contributed by atoms with van der Waals surface area (Å²) in [6, 6.07) is 0.238. The molecule has 1 nitrogen and oxygen atoms in total. The Hall–Kier alpha value is -0.300. The number of hydrogen-bond donors (Lipinski definition) is 1. The number of hydrogen-bond acceptors (Lipinski definition) is 1. The fraction of sp³-hybridized carbons (Fsp3) is 0.857. The van der Waals surface area contributed by atoms with Gasteiger partial charge < -0.3 is 5.73 Å². The second-order valence-corrected chi connectivity index (χ2v) is 6.25. The van der Waals surface area contributed by atoms with Crippen LogP contribution in [-0.2, 0) is 0 Å². The Balaban J connectivity index is 1.75. The largest absolute Gasteiger partial charge is 0.325 e. The summed E-state index contributed by atoms with van der Waals surface area (Å²) >= 11 is 0. The van der Waals surface area contributed by atoms with Gasteiger partial charge in [-0.25, -0.2) is 0 Å². The van der Waals surface area contributed by atoms with Gasteiger partial charge in [-0.05, 0) is 68.6 Å². The highest BCUT2D eigenvalue weighted by Crippen LogP contribution is 2.56. The highest BCUT2D eigenvalue weighted by Gasteiger charge is 2.46. The van der Waals surface area contributed by atoms with E-state index in [2.05, 4.69) is 19.1 Å². The minimum atomic E-state index is 0.238. The maximum Gasteiger partial charge on any atom is 0.0194 e. The van der Waals surface area contributed by atoms with Gasteiger partial charge in [0.2, 0.25) is 0 Å². The van der Waals surface area contributed by atoms with Crippen LogP contribution in [-0.4, -0.2) is 6.04 Å². The Kier molecular flexibility index (Phi) is 2.39. The van der Waals surface area contributed by atoms with Gasteiger partial charge in [0.05, 0.1) is 0 Å². The van der Waals surface area contributed by atoms with Crippen LogP contribution in [0.15, 0.2) is 12.2 Å². The molecule has 15 heavy (non-hydrogen) atoms. The molecule has 0 amide bonds. The summed E-state index contributed by atoms with van der Waals surface area (Å²) in [5.41, 5.74) is 5.81. The summed E-state index contributed by atoms with van der Waals surface area (Å²) in [5.74, 6) is 5.08. The van der Waals surface area contributed by atoms with E-state index in [-0.39, 0.29) is 6.04 Å². The first-order valence-corrected chi connectivity index (χ1v) is 6.66. The first-order chi connectivity index (χ1) is 7.22. The summed E-state index contributed by atoms with van der Waals surface area (Å²) in [7, 11) is 0. The minimum Gasteiger partial charge on any atom is -0.325 e. The maximum atomic E-state index is 5.81. The molecule has 0 aromatic heterocycles. The average Bonchev–Trinajstić information content (AvgIpc) is 2.14. The third-order valence-corrected chi connectivity index (χ3v) is 4.94. The van der Waals surface area contributed by atoms with E-state index in [0.717, 1.165) is 29.6 Å². The van der Waals surface area contributed by atoms with Gasteiger partial charge in [0.25, 0.3) is 0 Å². The van der Waals surface area contributed by atoms with Gasteiger partial charge in [-0.1, -0.05) is 12.2 Å². The van der Waals surface area contributed by atoms with Gasteiger partial charge in [-0.15, -0.1) is 0 Å². The lowest BCUT2D eigenvalue weighted by Crippen LogP contribution is -2.44. The van der Waals surface area contributed by atoms with Gasteiger partial charge >= 0.3 is 0 Å². The molecule has 4 fully saturated rings. The zero-order valence-corrected chi connectivity index (χ0v) is 9.73. The maximum absolute atomic E-state index is 5.81. The molecule has 0 spiro atoms. The second kappa shape index (κ2) is 3.62. The van der Waals surface area contributed by atoms with Crippen LogP contribution in [0.4, 0.5) is 0 Å². The van der Waals surface area contributed by atoms with Crippen LogP contribution in [0.3, 0.4) is 0 Å². The predicted octanol–water partition coefficient (Wildman–Crippen LogP) is 2.96. The van der Waals surface area contributed by atoms with Crippen molar-refractivity contribution in [2.75, 3.05) is 0 Å². The van der Waals surface area contributed by atoms with Crippen LogP contribution in [0.1, 0.15) is 39.0 Å². The number of nitrogens with two attached hydrogens (primary N) is 1. The van der Waals surface area contributed by atoms with E-state index in [0.29, 0.717) is 0 Å². The van der Waals surface area contributed by atoms with Crippen molar-refractivity contribution in [3.05, 3.63) is 12.2 Å². The lowest BCUT2D eigenvalue weighted by Gasteiger charge is -2.53. The molecule has 0 aliphatic heterocycles. The molecule has 0 aromatic carbocycles. The third-order valence-electron chi connectivity index (χ3n) is 4.94. The van der Waals surface area contributed by atoms with Gasteiger partial charge in [-0.2, -0.15) is 0 Å². The van der Waals surface area contributed by atoms with E-state index in [9.17, 15) is 0 Å². The fourth-order valence-electron chi connectivity index (χ4n) is 4.59. The Morgan fingerprint density at radius 1 is 1.00 bits per heavy atom. The van der Waals surface area contributed by atoms with Crippen molar-refractivity contribution in [1.82, 2.24) is 0 Å². The number of allylic oxidation sites excluding steroid dienone is 1. The van der Waals surface area contributed by atoms with E-state index in [1.54, 1.807) is 6.42 Å². The van der Waals surface area contributed by atoms with Crippen LogP contribution in [0, 0.1) is 29.6 Å². The van der Waals surface area contributed by atoms with Crippen molar-refractivity contribution in [3.63, 3.8) is 0 Å². The molecule has 1 heteroatoms. The molecule has 2 N–H and O–H groups in total. The summed E-state index contributed by atoms with van der Waals surface area (Å²) in [4.78, 5) is 0. The van der Waals surface area contributed by atoms with Crippen molar-refractivity contribution in [1.29, 1.82) is 0 Å². The van der Waals surface area contributed by atoms with Crippen molar-refractivity contribution >= 4 is 0 Å². The first kappa shape index (κ1) is 9.89. The van der Waals surface area contributed by atoms with Gasteiger partial charge in [0.15, 0.2) is 0 Å². The molecule has 0 aromatic rings. The normalized spacial score (nSPS) is 50.1. The quantitative estimate of drug-likeness (QED) is 0.689. The van der Waals surface area contributed by atoms with E-state index in [4.69, 9.17) is 5.73 Å². The zero-order valence-electron chi connectivity index (χ0n) is 9.73. The molecule has 4 bridgehead atoms. The average molecular weight is 205 g/mol. The SMILES string of the molecule is CC(N)/C=C/C1C2CC3CC(C2)CC1C3. The van der Waals surface area contributed by atoms with Crippen molar-refractivity contribution in [2.45, 2.75) is 45.1 Å². The highest BCUT2D eigenvalue weighted by atomic mass is 14.6. The Bertz CT molecular complexity index is 239. The molecule has 4 rings (SSSR count). The molecular formula is C14H23N. The van der Waals surface area contributed by atoms with Gasteiger partial charge in [0.1, 0.15) is 0 Å². The van der Waals surface area contributed by atoms with Crippen LogP contribution in [0.2, 0.25) is 0 Å². The molecule has 4 saturated carbocycles. The van der Waals surface area contributed by atoms with Crippen molar-refractivity contribution in [3.8, 4) is 0 Å². The molecule has 0 heterocycles. The summed E-state index contributed by atoms with van der Waals surface area (Å²) in [5, 5.41) is 0. The Morgan fingerprint density at radius 2 is 1.53 bits per heavy atom. The minimum absolute atomic E-state index is 0.238. The first-order valence-electron chi connectivity index (χ1n) is 6.66. The predicted molar refractivity (Wildman–Crippen MR) is 63.3 cm³/mol. The molecule has 0 radical (unpaired) electrons. The van der Waals surface area contributed by atoms with Crippen molar-refractivity contribution < 1.29 is 0 Å². The molecular weight excluding hydrogens is 182 g/mol. The zero-order chi connectivity index (χ0) is 10.4. The lowest BCUT2D eigenvalue weighted by molar-refractivity contribution is -0.0162. The van der Waals surface area contributed by atoms with E-state index < -0.39 is 0 Å². The lowest BCUT2D eigenvalue weighted by atomic mass is 9.52. The standard InChI is InChI=1S/C14H23N/c1-9(15)2-3-14-12-5-10-4-11(7-12)8-13(14)6-10/h2-3,9-14H,4-8,15H2,1H3/b3-2+. The van der Waals surface area contributed by atoms with Crippen LogP contribution < -0.4 is 5.73 Å². The molecule has 4 aliphatic rings. The molecule has 84 valence electrons. The van der Waals surface area contributed by atoms with E-state index in [1.165, 1.54) is 25.7 Å². The van der Waals surface area contributed by atoms with E-state index >= 15 is 0 Å². The summed E-state index contributed by atoms with van der Waals surface area (Å²) in [6.07, 6.45) is 12.3. The molecule has 1 atom stereocenters. The number of rotatable bonds is 2. The van der Waals surface area contributed by atoms with Gasteiger partial charge in [0, 0.05) is 6.04 Å². The monoisotopic (exact) mass is 205 g/mol. The molecule has 4 aliphatic carbocycles. The molecule has 1 unspecified atom stereocenters. The van der Waals surface area contributed by atoms with Crippen LogP contribution in [0.5, 0.6) is 0 Å². The second-order valence-electron chi connectivity index (χ2n) is 6.25. The van der Waals surface area contributed by atoms with Crippen LogP contribution in [0.25, 0.3) is 0 Å². The van der Waals surface area contributed by atoms with E-state index in [1.807, 2.05) is 0 Å². The van der Waals surface area contributed by atoms with Gasteiger partial charge in [-0.3, -0.25) is 0 Å². The Morgan fingerprint density at radius 3 is 2.00 bits per heavy atom. The highest BCUT2D eigenvalue weighted by molar-refractivity contribution is 5.06. The summed E-state index contributed by atoms with van der Waals surface area (Å²) in [6.45, 7) is 2.08. The molecule has 0 saturated heterocycles. The van der Waals surface area contributed by atoms with Crippen LogP contribution >= 0.6 is 0 Å². The topological polar surface area (TPSA) is 26.0 Å².